The second-order valence-corrected chi connectivity index (χ2v) is 4.16. The Bertz CT molecular complexity index is 230. The van der Waals surface area contributed by atoms with E-state index in [0.717, 1.165) is 0 Å². The van der Waals surface area contributed by atoms with E-state index in [1.807, 2.05) is 0 Å². The molecule has 0 amide bonds. The summed E-state index contributed by atoms with van der Waals surface area (Å²) < 4.78 is 31.0. The Morgan fingerprint density at radius 1 is 1.43 bits per heavy atom. The summed E-state index contributed by atoms with van der Waals surface area (Å²) in [5.41, 5.74) is 0. The van der Waals surface area contributed by atoms with Gasteiger partial charge in [-0.3, -0.25) is 0 Å². The molecule has 0 fully saturated rings. The van der Waals surface area contributed by atoms with E-state index in [1.54, 1.807) is 0 Å². The van der Waals surface area contributed by atoms with Crippen molar-refractivity contribution >= 4 is 10.2 Å². The van der Waals surface area contributed by atoms with Crippen LogP contribution in [0.25, 0.3) is 0 Å². The molecule has 7 nitrogen and oxygen atoms in total. The molecular weight excluding hydrogens is 212 g/mol. The van der Waals surface area contributed by atoms with Crippen LogP contribution in [0.15, 0.2) is 0 Å². The number of hydrogen-bond donors (Lipinski definition) is 4. The minimum atomic E-state index is -3.61. The van der Waals surface area contributed by atoms with E-state index in [1.165, 1.54) is 7.11 Å². The molecule has 0 spiro atoms. The Morgan fingerprint density at radius 2 is 2.07 bits per heavy atom. The Labute approximate surface area is 83.3 Å². The van der Waals surface area contributed by atoms with Gasteiger partial charge in [-0.05, 0) is 0 Å². The Balaban J connectivity index is 3.73. The number of aliphatic hydroxyl groups is 2. The first-order valence-electron chi connectivity index (χ1n) is 4.04. The molecule has 1 unspecified atom stereocenters. The molecule has 0 aliphatic heterocycles. The van der Waals surface area contributed by atoms with Gasteiger partial charge in [-0.25, -0.2) is 0 Å². The van der Waals surface area contributed by atoms with Gasteiger partial charge in [0.15, 0.2) is 0 Å². The molecule has 14 heavy (non-hydrogen) atoms. The van der Waals surface area contributed by atoms with Gasteiger partial charge in [0, 0.05) is 20.2 Å². The van der Waals surface area contributed by atoms with Crippen molar-refractivity contribution in [2.45, 2.75) is 6.10 Å². The molecule has 86 valence electrons. The minimum Gasteiger partial charge on any atom is -0.394 e. The average Bonchev–Trinajstić information content (AvgIpc) is 2.14. The molecule has 4 N–H and O–H groups in total. The molecule has 0 radical (unpaired) electrons. The predicted molar refractivity (Wildman–Crippen MR) is 49.9 cm³/mol. The fourth-order valence-electron chi connectivity index (χ4n) is 0.600. The highest BCUT2D eigenvalue weighted by atomic mass is 32.2. The lowest BCUT2D eigenvalue weighted by molar-refractivity contribution is 0.0987. The molecule has 0 saturated heterocycles. The zero-order valence-electron chi connectivity index (χ0n) is 7.93. The van der Waals surface area contributed by atoms with E-state index in [9.17, 15) is 8.42 Å². The largest absolute Gasteiger partial charge is 0.394 e. The van der Waals surface area contributed by atoms with Crippen LogP contribution in [-0.4, -0.2) is 58.1 Å². The van der Waals surface area contributed by atoms with E-state index in [0.29, 0.717) is 0 Å². The summed E-state index contributed by atoms with van der Waals surface area (Å²) in [7, 11) is -2.15. The van der Waals surface area contributed by atoms with Gasteiger partial charge in [-0.1, -0.05) is 0 Å². The van der Waals surface area contributed by atoms with Gasteiger partial charge in [0.2, 0.25) is 0 Å². The standard InChI is InChI=1S/C6H16N2O5S/c1-13-3-2-7-14(11,12)8-4-6(10)5-9/h6-10H,2-5H2,1H3. The summed E-state index contributed by atoms with van der Waals surface area (Å²) in [6.45, 7) is -0.288. The second-order valence-electron chi connectivity index (χ2n) is 2.58. The van der Waals surface area contributed by atoms with Crippen LogP contribution in [0.5, 0.6) is 0 Å². The summed E-state index contributed by atoms with van der Waals surface area (Å²) >= 11 is 0. The molecule has 0 aliphatic rings. The van der Waals surface area contributed by atoms with Crippen molar-refractivity contribution in [1.82, 2.24) is 9.44 Å². The van der Waals surface area contributed by atoms with Crippen molar-refractivity contribution in [3.63, 3.8) is 0 Å². The minimum absolute atomic E-state index is 0.154. The first-order valence-corrected chi connectivity index (χ1v) is 5.52. The van der Waals surface area contributed by atoms with E-state index >= 15 is 0 Å². The SMILES string of the molecule is COCCNS(=O)(=O)NCC(O)CO. The van der Waals surface area contributed by atoms with Crippen LogP contribution in [0.1, 0.15) is 0 Å². The fourth-order valence-corrected chi connectivity index (χ4v) is 1.47. The van der Waals surface area contributed by atoms with E-state index < -0.39 is 22.9 Å². The molecule has 0 aromatic heterocycles. The fraction of sp³-hybridized carbons (Fsp3) is 1.00. The Morgan fingerprint density at radius 3 is 2.57 bits per heavy atom. The zero-order chi connectivity index (χ0) is 11.0. The maximum absolute atomic E-state index is 11.1. The quantitative estimate of drug-likeness (QED) is 0.341. The first-order chi connectivity index (χ1) is 6.52. The van der Waals surface area contributed by atoms with E-state index in [-0.39, 0.29) is 19.7 Å². The van der Waals surface area contributed by atoms with Crippen LogP contribution in [0.3, 0.4) is 0 Å². The smallest absolute Gasteiger partial charge is 0.277 e. The second kappa shape index (κ2) is 7.10. The van der Waals surface area contributed by atoms with Crippen LogP contribution in [-0.2, 0) is 14.9 Å². The highest BCUT2D eigenvalue weighted by molar-refractivity contribution is 7.87. The van der Waals surface area contributed by atoms with Crippen LogP contribution in [0.2, 0.25) is 0 Å². The summed E-state index contributed by atoms with van der Waals surface area (Å²) in [4.78, 5) is 0. The third kappa shape index (κ3) is 7.18. The molecule has 0 bridgehead atoms. The topological polar surface area (TPSA) is 108 Å². The molecule has 0 rings (SSSR count). The summed E-state index contributed by atoms with van der Waals surface area (Å²) in [6.07, 6.45) is -1.09. The van der Waals surface area contributed by atoms with Gasteiger partial charge in [0.25, 0.3) is 10.2 Å². The van der Waals surface area contributed by atoms with Crippen molar-refractivity contribution < 1.29 is 23.4 Å². The van der Waals surface area contributed by atoms with Crippen molar-refractivity contribution in [2.75, 3.05) is 33.4 Å². The molecule has 1 atom stereocenters. The van der Waals surface area contributed by atoms with Crippen LogP contribution in [0.4, 0.5) is 0 Å². The van der Waals surface area contributed by atoms with Gasteiger partial charge in [-0.15, -0.1) is 0 Å². The number of methoxy groups -OCH3 is 1. The third-order valence-electron chi connectivity index (χ3n) is 1.32. The molecular formula is C6H16N2O5S. The molecule has 0 aromatic rings. The summed E-state index contributed by atoms with van der Waals surface area (Å²) in [5.74, 6) is 0. The Kier molecular flexibility index (Phi) is 6.97. The highest BCUT2D eigenvalue weighted by Gasteiger charge is 2.10. The van der Waals surface area contributed by atoms with Crippen molar-refractivity contribution in [3.05, 3.63) is 0 Å². The highest BCUT2D eigenvalue weighted by Crippen LogP contribution is 1.81. The predicted octanol–water partition coefficient (Wildman–Crippen LogP) is -2.59. The lowest BCUT2D eigenvalue weighted by Crippen LogP contribution is -2.42. The average molecular weight is 228 g/mol. The maximum atomic E-state index is 11.1. The zero-order valence-corrected chi connectivity index (χ0v) is 8.75. The van der Waals surface area contributed by atoms with Gasteiger partial charge in [0.05, 0.1) is 19.3 Å². The van der Waals surface area contributed by atoms with E-state index in [4.69, 9.17) is 10.2 Å². The van der Waals surface area contributed by atoms with Crippen LogP contribution >= 0.6 is 0 Å². The number of ether oxygens (including phenoxy) is 1. The summed E-state index contributed by atoms with van der Waals surface area (Å²) in [6, 6.07) is 0. The molecule has 0 heterocycles. The maximum Gasteiger partial charge on any atom is 0.277 e. The number of hydrogen-bond acceptors (Lipinski definition) is 5. The van der Waals surface area contributed by atoms with Gasteiger partial charge >= 0.3 is 0 Å². The Hall–Kier alpha value is -0.250. The van der Waals surface area contributed by atoms with Crippen molar-refractivity contribution in [2.24, 2.45) is 0 Å². The van der Waals surface area contributed by atoms with Crippen LogP contribution in [0, 0.1) is 0 Å². The first kappa shape index (κ1) is 13.8. The van der Waals surface area contributed by atoms with E-state index in [2.05, 4.69) is 14.2 Å². The molecule has 8 heteroatoms. The third-order valence-corrected chi connectivity index (χ3v) is 2.45. The van der Waals surface area contributed by atoms with Crippen molar-refractivity contribution in [1.29, 1.82) is 0 Å². The van der Waals surface area contributed by atoms with Gasteiger partial charge in [-0.2, -0.15) is 17.9 Å². The monoisotopic (exact) mass is 228 g/mol. The van der Waals surface area contributed by atoms with Crippen molar-refractivity contribution in [3.8, 4) is 0 Å². The number of nitrogens with one attached hydrogen (secondary N) is 2. The molecule has 0 saturated carbocycles. The lowest BCUT2D eigenvalue weighted by atomic mass is 10.4. The normalized spacial score (nSPS) is 14.2. The lowest BCUT2D eigenvalue weighted by Gasteiger charge is -2.10. The number of rotatable bonds is 8. The molecule has 0 aromatic carbocycles. The summed E-state index contributed by atoms with van der Waals surface area (Å²) in [5, 5.41) is 17.3. The number of aliphatic hydroxyl groups excluding tert-OH is 2. The molecule has 0 aliphatic carbocycles. The van der Waals surface area contributed by atoms with Crippen LogP contribution < -0.4 is 9.44 Å². The van der Waals surface area contributed by atoms with Gasteiger partial charge < -0.3 is 14.9 Å². The van der Waals surface area contributed by atoms with Gasteiger partial charge in [0.1, 0.15) is 0 Å².